The van der Waals surface area contributed by atoms with Gasteiger partial charge in [-0.25, -0.2) is 14.7 Å². The maximum absolute atomic E-state index is 14.8. The summed E-state index contributed by atoms with van der Waals surface area (Å²) in [5.74, 6) is 0.137. The van der Waals surface area contributed by atoms with Crippen LogP contribution in [-0.4, -0.2) is 49.1 Å². The summed E-state index contributed by atoms with van der Waals surface area (Å²) in [4.78, 5) is 41.3. The van der Waals surface area contributed by atoms with Crippen molar-refractivity contribution in [1.82, 2.24) is 24.6 Å². The van der Waals surface area contributed by atoms with Gasteiger partial charge < -0.3 is 15.5 Å². The Bertz CT molecular complexity index is 1800. The second-order valence-corrected chi connectivity index (χ2v) is 13.7. The van der Waals surface area contributed by atoms with Crippen LogP contribution in [0.4, 0.5) is 8.78 Å². The maximum Gasteiger partial charge on any atom is 0.333 e. The summed E-state index contributed by atoms with van der Waals surface area (Å²) in [7, 11) is 0. The van der Waals surface area contributed by atoms with Crippen molar-refractivity contribution in [3.63, 3.8) is 0 Å². The van der Waals surface area contributed by atoms with Crippen molar-refractivity contribution in [3.05, 3.63) is 83.4 Å². The molecule has 2 aliphatic rings. The first-order chi connectivity index (χ1) is 22.3. The van der Waals surface area contributed by atoms with E-state index in [2.05, 4.69) is 15.1 Å². The number of rotatable bonds is 11. The Kier molecular flexibility index (Phi) is 8.64. The first-order valence-electron chi connectivity index (χ1n) is 15.4. The van der Waals surface area contributed by atoms with Crippen LogP contribution in [0.3, 0.4) is 0 Å². The Morgan fingerprint density at radius 3 is 2.53 bits per heavy atom. The molecule has 0 unspecified atom stereocenters. The molecule has 1 fully saturated rings. The van der Waals surface area contributed by atoms with Gasteiger partial charge in [0, 0.05) is 36.1 Å². The summed E-state index contributed by atoms with van der Waals surface area (Å²) in [6, 6.07) is 11.5. The third-order valence-corrected chi connectivity index (χ3v) is 8.73. The van der Waals surface area contributed by atoms with Gasteiger partial charge >= 0.3 is 12.5 Å². The predicted octanol–water partition coefficient (Wildman–Crippen LogP) is 6.86. The average Bonchev–Trinajstić information content (AvgIpc) is 3.38. The zero-order chi connectivity index (χ0) is 33.5. The van der Waals surface area contributed by atoms with Gasteiger partial charge in [-0.3, -0.25) is 14.5 Å². The molecule has 1 amide bonds. The van der Waals surface area contributed by atoms with Crippen LogP contribution in [0.25, 0.3) is 22.5 Å². The minimum absolute atomic E-state index is 0.0146. The van der Waals surface area contributed by atoms with Crippen molar-refractivity contribution in [2.75, 3.05) is 6.61 Å². The van der Waals surface area contributed by atoms with Crippen molar-refractivity contribution in [1.29, 1.82) is 0 Å². The van der Waals surface area contributed by atoms with E-state index < -0.39 is 18.1 Å². The van der Waals surface area contributed by atoms with E-state index in [1.165, 1.54) is 17.3 Å². The van der Waals surface area contributed by atoms with Crippen LogP contribution in [-0.2, 0) is 19.9 Å². The van der Waals surface area contributed by atoms with E-state index >= 15 is 0 Å². The Labute approximate surface area is 276 Å². The van der Waals surface area contributed by atoms with Crippen LogP contribution in [0.5, 0.6) is 0 Å². The molecule has 1 saturated carbocycles. The number of nitrogens with one attached hydrogen (secondary N) is 1. The first-order valence-corrected chi connectivity index (χ1v) is 15.8. The monoisotopic (exact) mass is 663 g/mol. The lowest BCUT2D eigenvalue weighted by atomic mass is 9.75. The molecule has 0 radical (unpaired) electrons. The topological polar surface area (TPSA) is 131 Å². The summed E-state index contributed by atoms with van der Waals surface area (Å²) in [6.07, 6.45) is 8.54. The molecule has 4 aromatic rings. The molecule has 0 spiro atoms. The second kappa shape index (κ2) is 12.6. The molecule has 2 aromatic carbocycles. The van der Waals surface area contributed by atoms with Crippen molar-refractivity contribution in [3.8, 4) is 22.5 Å². The van der Waals surface area contributed by atoms with Crippen molar-refractivity contribution < 1.29 is 23.1 Å². The molecule has 1 aliphatic carbocycles. The van der Waals surface area contributed by atoms with Crippen LogP contribution in [0.2, 0.25) is 5.02 Å². The lowest BCUT2D eigenvalue weighted by molar-refractivity contribution is -0.148. The summed E-state index contributed by atoms with van der Waals surface area (Å²) in [5, 5.41) is 4.18. The molecular weight excluding hydrogens is 628 g/mol. The number of nitrogens with two attached hydrogens (primary N) is 1. The van der Waals surface area contributed by atoms with Crippen LogP contribution in [0.1, 0.15) is 70.2 Å². The van der Waals surface area contributed by atoms with Gasteiger partial charge in [0.05, 0.1) is 17.3 Å². The van der Waals surface area contributed by atoms with Gasteiger partial charge in [-0.15, -0.1) is 0 Å². The quantitative estimate of drug-likeness (QED) is 0.169. The molecule has 1 aliphatic heterocycles. The number of halogens is 3. The number of carbonyl (C=O) groups is 2. The van der Waals surface area contributed by atoms with Gasteiger partial charge in [-0.1, -0.05) is 62.7 Å². The van der Waals surface area contributed by atoms with Crippen LogP contribution >= 0.6 is 11.6 Å². The number of benzene rings is 2. The molecular formula is C34H36ClF2N7O3. The molecule has 13 heteroatoms. The predicted molar refractivity (Wildman–Crippen MR) is 173 cm³/mol. The van der Waals surface area contributed by atoms with E-state index in [9.17, 15) is 18.4 Å². The number of imidazole rings is 1. The van der Waals surface area contributed by atoms with Crippen molar-refractivity contribution >= 4 is 29.4 Å². The van der Waals surface area contributed by atoms with Crippen molar-refractivity contribution in [2.45, 2.75) is 64.6 Å². The second-order valence-electron chi connectivity index (χ2n) is 13.3. The molecule has 6 rings (SSSR count). The highest BCUT2D eigenvalue weighted by molar-refractivity contribution is 6.33. The van der Waals surface area contributed by atoms with E-state index in [1.807, 2.05) is 20.8 Å². The van der Waals surface area contributed by atoms with Gasteiger partial charge in [0.2, 0.25) is 0 Å². The van der Waals surface area contributed by atoms with Crippen molar-refractivity contribution in [2.24, 2.45) is 22.1 Å². The summed E-state index contributed by atoms with van der Waals surface area (Å²) >= 11 is 6.56. The van der Waals surface area contributed by atoms with Crippen LogP contribution in [0, 0.1) is 11.3 Å². The van der Waals surface area contributed by atoms with E-state index in [1.54, 1.807) is 54.9 Å². The zero-order valence-corrected chi connectivity index (χ0v) is 27.0. The van der Waals surface area contributed by atoms with E-state index in [0.717, 1.165) is 12.8 Å². The molecule has 3 N–H and O–H groups in total. The number of ether oxygens (including phenoxy) is 1. The largest absolute Gasteiger partial charge is 0.463 e. The number of H-pyrrole nitrogens is 1. The Hall–Kier alpha value is -4.58. The molecule has 2 atom stereocenters. The molecule has 47 heavy (non-hydrogen) atoms. The average molecular weight is 664 g/mol. The fourth-order valence-electron chi connectivity index (χ4n) is 6.06. The SMILES string of the molecule is CC(C)(C)C[C@]1(c2ccc(-c3cnn(C(F)F)c3)cc2)N=C(N)N([C@H](COC(=O)CC2CC2)c2ccc(Cl)c(-c3ncc[nH]3)c2)C1=O. The Morgan fingerprint density at radius 2 is 1.91 bits per heavy atom. The third kappa shape index (κ3) is 6.78. The maximum atomic E-state index is 14.8. The Balaban J connectivity index is 1.38. The molecule has 0 bridgehead atoms. The number of alkyl halides is 2. The van der Waals surface area contributed by atoms with E-state index in [4.69, 9.17) is 27.1 Å². The highest BCUT2D eigenvalue weighted by atomic mass is 35.5. The minimum Gasteiger partial charge on any atom is -0.463 e. The lowest BCUT2D eigenvalue weighted by Crippen LogP contribution is -2.47. The summed E-state index contributed by atoms with van der Waals surface area (Å²) < 4.78 is 32.6. The van der Waals surface area contributed by atoms with E-state index in [-0.39, 0.29) is 29.9 Å². The molecule has 246 valence electrons. The summed E-state index contributed by atoms with van der Waals surface area (Å²) in [5.41, 5.74) is 7.85. The van der Waals surface area contributed by atoms with Gasteiger partial charge in [-0.05, 0) is 59.4 Å². The Morgan fingerprint density at radius 1 is 1.17 bits per heavy atom. The molecule has 10 nitrogen and oxygen atoms in total. The highest BCUT2D eigenvalue weighted by Crippen LogP contribution is 2.45. The minimum atomic E-state index is -2.76. The molecule has 0 saturated heterocycles. The third-order valence-electron chi connectivity index (χ3n) is 8.40. The first kappa shape index (κ1) is 32.4. The lowest BCUT2D eigenvalue weighted by Gasteiger charge is -2.35. The van der Waals surface area contributed by atoms with Gasteiger partial charge in [0.1, 0.15) is 12.4 Å². The zero-order valence-electron chi connectivity index (χ0n) is 26.3. The number of esters is 1. The highest BCUT2D eigenvalue weighted by Gasteiger charge is 2.53. The standard InChI is InChI=1S/C34H36ClF2N7O3/c1-33(2,3)19-34(24-9-6-21(7-10-24)23-16-41-43(17-23)31(36)37)30(46)44(32(38)42-34)27(18-47-28(45)14-20-4-5-20)22-8-11-26(35)25(15-22)29-39-12-13-40-29/h6-13,15-17,20,27,31H,4-5,14,18-19H2,1-3H3,(H2,38,42)(H,39,40)/t27-,34-/m1/s1. The normalized spacial score (nSPS) is 18.9. The number of guanidine groups is 1. The summed E-state index contributed by atoms with van der Waals surface area (Å²) in [6.45, 7) is 3.13. The number of hydrogen-bond acceptors (Lipinski definition) is 7. The number of aliphatic imine (C=N–C) groups is 1. The van der Waals surface area contributed by atoms with Gasteiger partial charge in [0.25, 0.3) is 5.91 Å². The van der Waals surface area contributed by atoms with Gasteiger partial charge in [0.15, 0.2) is 11.5 Å². The number of nitrogens with zero attached hydrogens (tertiary/aromatic N) is 5. The number of aromatic nitrogens is 4. The number of amides is 1. The fourth-order valence-corrected chi connectivity index (χ4v) is 6.27. The number of carbonyl (C=O) groups excluding carboxylic acids is 2. The van der Waals surface area contributed by atoms with Crippen LogP contribution < -0.4 is 5.73 Å². The smallest absolute Gasteiger partial charge is 0.333 e. The molecule has 2 aromatic heterocycles. The number of aromatic amines is 1. The fraction of sp³-hybridized carbons (Fsp3) is 0.382. The molecule has 3 heterocycles. The van der Waals surface area contributed by atoms with Crippen LogP contribution in [0.15, 0.2) is 72.2 Å². The van der Waals surface area contributed by atoms with Gasteiger partial charge in [-0.2, -0.15) is 13.9 Å². The number of hydrogen-bond donors (Lipinski definition) is 2. The van der Waals surface area contributed by atoms with E-state index in [0.29, 0.717) is 62.1 Å².